The summed E-state index contributed by atoms with van der Waals surface area (Å²) in [5.74, 6) is 0.125. The zero-order valence-corrected chi connectivity index (χ0v) is 4.46. The fraction of sp³-hybridized carbons (Fsp3) is 0.750. The topological polar surface area (TPSA) is 40.5 Å². The minimum absolute atomic E-state index is 0.125. The molecule has 0 rings (SSSR count). The van der Waals surface area contributed by atoms with Gasteiger partial charge in [0.15, 0.2) is 0 Å². The molecule has 2 N–H and O–H groups in total. The van der Waals surface area contributed by atoms with E-state index in [1.165, 1.54) is 0 Å². The lowest BCUT2D eigenvalue weighted by Crippen LogP contribution is -2.12. The highest BCUT2D eigenvalue weighted by atomic mass is 16.4. The van der Waals surface area contributed by atoms with Crippen molar-refractivity contribution in [3.05, 3.63) is 6.92 Å². The van der Waals surface area contributed by atoms with Crippen LogP contribution in [0.5, 0.6) is 0 Å². The van der Waals surface area contributed by atoms with Crippen molar-refractivity contribution in [1.82, 2.24) is 0 Å². The Kier molecular flexibility index (Phi) is 2.88. The van der Waals surface area contributed by atoms with Crippen molar-refractivity contribution in [3.63, 3.8) is 0 Å². The summed E-state index contributed by atoms with van der Waals surface area (Å²) in [6.07, 6.45) is 0.361. The second-order valence-corrected chi connectivity index (χ2v) is 1.82. The second-order valence-electron chi connectivity index (χ2n) is 1.82. The van der Waals surface area contributed by atoms with Gasteiger partial charge in [-0.1, -0.05) is 0 Å². The molecule has 0 heterocycles. The molecule has 40 valence electrons. The summed E-state index contributed by atoms with van der Waals surface area (Å²) in [6.45, 7) is 5.39. The molecule has 0 fully saturated rings. The molecular formula is C4H10BO2+. The SMILES string of the molecule is [CH2+]C(C)CB(O)O. The molecule has 0 aromatic heterocycles. The summed E-state index contributed by atoms with van der Waals surface area (Å²) < 4.78 is 0. The van der Waals surface area contributed by atoms with Crippen LogP contribution in [-0.4, -0.2) is 17.2 Å². The van der Waals surface area contributed by atoms with Crippen molar-refractivity contribution in [3.8, 4) is 0 Å². The lowest BCUT2D eigenvalue weighted by Gasteiger charge is -1.93. The maximum atomic E-state index is 8.24. The highest BCUT2D eigenvalue weighted by Crippen LogP contribution is 1.99. The van der Waals surface area contributed by atoms with Gasteiger partial charge >= 0.3 is 7.12 Å². The van der Waals surface area contributed by atoms with Crippen LogP contribution in [-0.2, 0) is 0 Å². The Bertz CT molecular complexity index is 39.0. The smallest absolute Gasteiger partial charge is 0.427 e. The van der Waals surface area contributed by atoms with Crippen LogP contribution in [0.4, 0.5) is 0 Å². The Morgan fingerprint density at radius 2 is 2.14 bits per heavy atom. The highest BCUT2D eigenvalue weighted by molar-refractivity contribution is 6.41. The Morgan fingerprint density at radius 1 is 1.71 bits per heavy atom. The normalized spacial score (nSPS) is 13.6. The van der Waals surface area contributed by atoms with Crippen LogP contribution in [0.3, 0.4) is 0 Å². The molecule has 0 saturated carbocycles. The zero-order chi connectivity index (χ0) is 5.86. The van der Waals surface area contributed by atoms with Gasteiger partial charge in [-0.3, -0.25) is 0 Å². The van der Waals surface area contributed by atoms with Gasteiger partial charge in [-0.25, -0.2) is 0 Å². The van der Waals surface area contributed by atoms with Crippen LogP contribution in [0.15, 0.2) is 0 Å². The van der Waals surface area contributed by atoms with E-state index in [2.05, 4.69) is 6.92 Å². The molecule has 0 aliphatic carbocycles. The van der Waals surface area contributed by atoms with Gasteiger partial charge in [0.05, 0.1) is 12.8 Å². The summed E-state index contributed by atoms with van der Waals surface area (Å²) in [5.41, 5.74) is 0. The maximum Gasteiger partial charge on any atom is 0.456 e. The van der Waals surface area contributed by atoms with Crippen LogP contribution in [0.2, 0.25) is 6.32 Å². The first-order valence-corrected chi connectivity index (χ1v) is 2.32. The molecule has 0 aromatic carbocycles. The standard InChI is InChI=1S/C4H10BO2/c1-4(2)3-5(6)7/h4,6-7H,1,3H2,2H3/q+1. The van der Waals surface area contributed by atoms with Crippen LogP contribution >= 0.6 is 0 Å². The molecule has 1 unspecified atom stereocenters. The van der Waals surface area contributed by atoms with E-state index >= 15 is 0 Å². The second kappa shape index (κ2) is 2.94. The molecule has 0 bridgehead atoms. The van der Waals surface area contributed by atoms with Crippen molar-refractivity contribution in [2.24, 2.45) is 5.92 Å². The fourth-order valence-electron chi connectivity index (χ4n) is 0.360. The first kappa shape index (κ1) is 6.85. The summed E-state index contributed by atoms with van der Waals surface area (Å²) in [4.78, 5) is 0. The van der Waals surface area contributed by atoms with E-state index in [1.54, 1.807) is 0 Å². The van der Waals surface area contributed by atoms with Gasteiger partial charge in [0.25, 0.3) is 0 Å². The van der Waals surface area contributed by atoms with E-state index in [4.69, 9.17) is 10.0 Å². The van der Waals surface area contributed by atoms with Crippen LogP contribution < -0.4 is 0 Å². The number of hydrogen-bond acceptors (Lipinski definition) is 2. The van der Waals surface area contributed by atoms with Crippen molar-refractivity contribution < 1.29 is 10.0 Å². The van der Waals surface area contributed by atoms with Gasteiger partial charge in [-0.2, -0.15) is 0 Å². The molecule has 0 radical (unpaired) electrons. The summed E-state index contributed by atoms with van der Waals surface area (Å²) >= 11 is 0. The first-order chi connectivity index (χ1) is 3.13. The third kappa shape index (κ3) is 5.85. The third-order valence-corrected chi connectivity index (χ3v) is 0.613. The molecule has 7 heavy (non-hydrogen) atoms. The van der Waals surface area contributed by atoms with Gasteiger partial charge in [0.1, 0.15) is 0 Å². The molecule has 2 nitrogen and oxygen atoms in total. The van der Waals surface area contributed by atoms with E-state index < -0.39 is 7.12 Å². The molecule has 0 aliphatic heterocycles. The van der Waals surface area contributed by atoms with Crippen molar-refractivity contribution in [1.29, 1.82) is 0 Å². The van der Waals surface area contributed by atoms with E-state index in [0.717, 1.165) is 0 Å². The summed E-state index contributed by atoms with van der Waals surface area (Å²) in [6, 6.07) is 0. The van der Waals surface area contributed by atoms with Crippen LogP contribution in [0.1, 0.15) is 6.92 Å². The zero-order valence-electron chi connectivity index (χ0n) is 4.46. The molecule has 1 atom stereocenters. The first-order valence-electron chi connectivity index (χ1n) is 2.32. The van der Waals surface area contributed by atoms with Gasteiger partial charge in [0, 0.05) is 6.32 Å². The number of rotatable bonds is 2. The average Bonchev–Trinajstić information content (AvgIpc) is 1.27. The van der Waals surface area contributed by atoms with Crippen molar-refractivity contribution >= 4 is 7.12 Å². The monoisotopic (exact) mass is 101 g/mol. The molecule has 0 spiro atoms. The predicted octanol–water partition coefficient (Wildman–Crippen LogP) is -0.0706. The summed E-state index contributed by atoms with van der Waals surface area (Å²) in [5, 5.41) is 16.5. The Morgan fingerprint density at radius 3 is 2.14 bits per heavy atom. The van der Waals surface area contributed by atoms with E-state index in [9.17, 15) is 0 Å². The van der Waals surface area contributed by atoms with Crippen LogP contribution in [0, 0.1) is 12.8 Å². The fourth-order valence-corrected chi connectivity index (χ4v) is 0.360. The Hall–Kier alpha value is -0.145. The Labute approximate surface area is 44.3 Å². The van der Waals surface area contributed by atoms with Gasteiger partial charge in [-0.05, 0) is 6.92 Å². The Balaban J connectivity index is 2.95. The van der Waals surface area contributed by atoms with Gasteiger partial charge in [-0.15, -0.1) is 0 Å². The van der Waals surface area contributed by atoms with E-state index in [-0.39, 0.29) is 5.92 Å². The molecule has 0 aliphatic rings. The van der Waals surface area contributed by atoms with Crippen molar-refractivity contribution in [2.75, 3.05) is 0 Å². The minimum Gasteiger partial charge on any atom is -0.427 e. The van der Waals surface area contributed by atoms with Gasteiger partial charge < -0.3 is 10.0 Å². The lowest BCUT2D eigenvalue weighted by molar-refractivity contribution is 0.398. The predicted molar refractivity (Wildman–Crippen MR) is 29.5 cm³/mol. The quantitative estimate of drug-likeness (QED) is 0.377. The number of hydrogen-bond donors (Lipinski definition) is 2. The van der Waals surface area contributed by atoms with Crippen molar-refractivity contribution in [2.45, 2.75) is 13.2 Å². The maximum absolute atomic E-state index is 8.24. The average molecular weight is 101 g/mol. The van der Waals surface area contributed by atoms with E-state index in [0.29, 0.717) is 6.32 Å². The lowest BCUT2D eigenvalue weighted by atomic mass is 9.80. The van der Waals surface area contributed by atoms with E-state index in [1.807, 2.05) is 6.92 Å². The molecule has 0 aromatic rings. The molecule has 0 saturated heterocycles. The largest absolute Gasteiger partial charge is 0.456 e. The summed E-state index contributed by atoms with van der Waals surface area (Å²) in [7, 11) is -1.19. The molecular weight excluding hydrogens is 90.9 g/mol. The molecule has 0 amide bonds. The van der Waals surface area contributed by atoms with Crippen LogP contribution in [0.25, 0.3) is 0 Å². The highest BCUT2D eigenvalue weighted by Gasteiger charge is 2.12. The third-order valence-electron chi connectivity index (χ3n) is 0.613. The minimum atomic E-state index is -1.19. The van der Waals surface area contributed by atoms with Gasteiger partial charge in [0.2, 0.25) is 0 Å². The molecule has 3 heteroatoms.